The van der Waals surface area contributed by atoms with E-state index in [0.717, 1.165) is 36.6 Å². The lowest BCUT2D eigenvalue weighted by atomic mass is 10.1. The van der Waals surface area contributed by atoms with Gasteiger partial charge in [0.1, 0.15) is 5.82 Å². The van der Waals surface area contributed by atoms with Gasteiger partial charge < -0.3 is 10.2 Å². The molecular formula is C18H21N3O2S. The molecule has 1 aliphatic rings. The van der Waals surface area contributed by atoms with Crippen molar-refractivity contribution in [3.63, 3.8) is 0 Å². The highest BCUT2D eigenvalue weighted by Gasteiger charge is 2.19. The van der Waals surface area contributed by atoms with E-state index in [4.69, 9.17) is 0 Å². The van der Waals surface area contributed by atoms with Crippen molar-refractivity contribution in [1.82, 2.24) is 4.98 Å². The van der Waals surface area contributed by atoms with Crippen LogP contribution < -0.4 is 10.2 Å². The predicted octanol–water partition coefficient (Wildman–Crippen LogP) is 3.06. The first-order chi connectivity index (χ1) is 11.6. The SMILES string of the molecule is C[S@](=O)c1ccc(NC(=O)c2cccnc2N2CCCCC2)cc1. The van der Waals surface area contributed by atoms with Crippen LogP contribution in [0.25, 0.3) is 0 Å². The summed E-state index contributed by atoms with van der Waals surface area (Å²) in [6.07, 6.45) is 6.86. The Balaban J connectivity index is 1.78. The monoisotopic (exact) mass is 343 g/mol. The first-order valence-electron chi connectivity index (χ1n) is 8.10. The Bertz CT molecular complexity index is 740. The fourth-order valence-corrected chi connectivity index (χ4v) is 3.38. The van der Waals surface area contributed by atoms with E-state index in [0.29, 0.717) is 11.3 Å². The summed E-state index contributed by atoms with van der Waals surface area (Å²) in [4.78, 5) is 20.0. The molecule has 1 aromatic carbocycles. The minimum Gasteiger partial charge on any atom is -0.356 e. The summed E-state index contributed by atoms with van der Waals surface area (Å²) in [6, 6.07) is 10.7. The molecular weight excluding hydrogens is 322 g/mol. The normalized spacial score (nSPS) is 15.8. The second-order valence-corrected chi connectivity index (χ2v) is 7.23. The molecule has 1 N–H and O–H groups in total. The van der Waals surface area contributed by atoms with E-state index < -0.39 is 10.8 Å². The molecule has 5 nitrogen and oxygen atoms in total. The number of anilines is 2. The van der Waals surface area contributed by atoms with Crippen LogP contribution in [0.2, 0.25) is 0 Å². The van der Waals surface area contributed by atoms with Gasteiger partial charge in [0, 0.05) is 46.9 Å². The van der Waals surface area contributed by atoms with Gasteiger partial charge in [-0.25, -0.2) is 4.98 Å². The zero-order chi connectivity index (χ0) is 16.9. The highest BCUT2D eigenvalue weighted by atomic mass is 32.2. The lowest BCUT2D eigenvalue weighted by Crippen LogP contribution is -2.32. The van der Waals surface area contributed by atoms with Crippen LogP contribution >= 0.6 is 0 Å². The molecule has 0 aliphatic carbocycles. The van der Waals surface area contributed by atoms with Crippen LogP contribution in [0.4, 0.5) is 11.5 Å². The molecule has 0 unspecified atom stereocenters. The molecule has 2 aromatic rings. The van der Waals surface area contributed by atoms with E-state index in [2.05, 4.69) is 15.2 Å². The molecule has 2 heterocycles. The maximum absolute atomic E-state index is 12.7. The first-order valence-corrected chi connectivity index (χ1v) is 9.66. The molecule has 126 valence electrons. The van der Waals surface area contributed by atoms with Crippen molar-refractivity contribution >= 4 is 28.2 Å². The maximum atomic E-state index is 12.7. The minimum absolute atomic E-state index is 0.172. The Morgan fingerprint density at radius 3 is 2.50 bits per heavy atom. The molecule has 3 rings (SSSR count). The highest BCUT2D eigenvalue weighted by molar-refractivity contribution is 7.84. The molecule has 24 heavy (non-hydrogen) atoms. The van der Waals surface area contributed by atoms with E-state index in [1.54, 1.807) is 42.8 Å². The van der Waals surface area contributed by atoms with Crippen molar-refractivity contribution in [2.45, 2.75) is 24.2 Å². The van der Waals surface area contributed by atoms with E-state index in [-0.39, 0.29) is 5.91 Å². The van der Waals surface area contributed by atoms with E-state index in [1.807, 2.05) is 6.07 Å². The van der Waals surface area contributed by atoms with Gasteiger partial charge in [0.2, 0.25) is 0 Å². The molecule has 0 radical (unpaired) electrons. The van der Waals surface area contributed by atoms with Crippen LogP contribution in [0, 0.1) is 0 Å². The fraction of sp³-hybridized carbons (Fsp3) is 0.333. The lowest BCUT2D eigenvalue weighted by Gasteiger charge is -2.29. The third kappa shape index (κ3) is 3.82. The second-order valence-electron chi connectivity index (χ2n) is 5.85. The van der Waals surface area contributed by atoms with Gasteiger partial charge in [-0.15, -0.1) is 0 Å². The van der Waals surface area contributed by atoms with Crippen LogP contribution in [-0.2, 0) is 10.8 Å². The number of carbonyl (C=O) groups excluding carboxylic acids is 1. The Kier molecular flexibility index (Phi) is 5.25. The molecule has 1 amide bonds. The second kappa shape index (κ2) is 7.57. The molecule has 0 spiro atoms. The lowest BCUT2D eigenvalue weighted by molar-refractivity contribution is 0.102. The summed E-state index contributed by atoms with van der Waals surface area (Å²) in [5, 5.41) is 2.90. The van der Waals surface area contributed by atoms with Crippen molar-refractivity contribution in [2.24, 2.45) is 0 Å². The Labute approximate surface area is 144 Å². The molecule has 0 saturated carbocycles. The van der Waals surface area contributed by atoms with E-state index in [1.165, 1.54) is 6.42 Å². The Morgan fingerprint density at radius 1 is 1.12 bits per heavy atom. The van der Waals surface area contributed by atoms with Gasteiger partial charge in [-0.05, 0) is 55.7 Å². The van der Waals surface area contributed by atoms with Crippen LogP contribution in [0.15, 0.2) is 47.5 Å². The topological polar surface area (TPSA) is 62.3 Å². The van der Waals surface area contributed by atoms with Gasteiger partial charge in [0.25, 0.3) is 5.91 Å². The van der Waals surface area contributed by atoms with Gasteiger partial charge in [0.15, 0.2) is 0 Å². The summed E-state index contributed by atoms with van der Waals surface area (Å²) < 4.78 is 11.4. The van der Waals surface area contributed by atoms with E-state index >= 15 is 0 Å². The number of hydrogen-bond acceptors (Lipinski definition) is 4. The zero-order valence-electron chi connectivity index (χ0n) is 13.7. The predicted molar refractivity (Wildman–Crippen MR) is 97.0 cm³/mol. The number of nitrogens with one attached hydrogen (secondary N) is 1. The number of piperidine rings is 1. The van der Waals surface area contributed by atoms with Crippen LogP contribution in [0.3, 0.4) is 0 Å². The van der Waals surface area contributed by atoms with Crippen LogP contribution in [0.1, 0.15) is 29.6 Å². The van der Waals surface area contributed by atoms with Crippen molar-refractivity contribution in [3.8, 4) is 0 Å². The molecule has 1 saturated heterocycles. The number of amides is 1. The average molecular weight is 343 g/mol. The van der Waals surface area contributed by atoms with Crippen molar-refractivity contribution in [2.75, 3.05) is 29.6 Å². The Morgan fingerprint density at radius 2 is 1.83 bits per heavy atom. The van der Waals surface area contributed by atoms with Gasteiger partial charge in [-0.2, -0.15) is 0 Å². The summed E-state index contributed by atoms with van der Waals surface area (Å²) in [5.41, 5.74) is 1.27. The summed E-state index contributed by atoms with van der Waals surface area (Å²) in [5.74, 6) is 0.579. The number of aromatic nitrogens is 1. The molecule has 1 aromatic heterocycles. The number of benzene rings is 1. The maximum Gasteiger partial charge on any atom is 0.259 e. The molecule has 0 bridgehead atoms. The third-order valence-electron chi connectivity index (χ3n) is 4.13. The van der Waals surface area contributed by atoms with Gasteiger partial charge in [-0.1, -0.05) is 0 Å². The van der Waals surface area contributed by atoms with Crippen molar-refractivity contribution in [3.05, 3.63) is 48.2 Å². The third-order valence-corrected chi connectivity index (χ3v) is 5.07. The number of carbonyl (C=O) groups is 1. The van der Waals surface area contributed by atoms with Gasteiger partial charge >= 0.3 is 0 Å². The Hall–Kier alpha value is -2.21. The minimum atomic E-state index is -1.02. The standard InChI is InChI=1S/C18H21N3O2S/c1-24(23)15-9-7-14(8-10-15)20-18(22)16-6-5-11-19-17(16)21-12-3-2-4-13-21/h5-11H,2-4,12-13H2,1H3,(H,20,22)/t24-/m0/s1. The zero-order valence-corrected chi connectivity index (χ0v) is 14.5. The summed E-state index contributed by atoms with van der Waals surface area (Å²) in [7, 11) is -1.02. The van der Waals surface area contributed by atoms with Gasteiger partial charge in [-0.3, -0.25) is 9.00 Å². The number of hydrogen-bond donors (Lipinski definition) is 1. The van der Waals surface area contributed by atoms with Crippen molar-refractivity contribution < 1.29 is 9.00 Å². The molecule has 1 aliphatic heterocycles. The number of pyridine rings is 1. The molecule has 1 fully saturated rings. The average Bonchev–Trinajstić information content (AvgIpc) is 2.63. The van der Waals surface area contributed by atoms with Gasteiger partial charge in [0.05, 0.1) is 5.56 Å². The molecule has 6 heteroatoms. The first kappa shape index (κ1) is 16.6. The van der Waals surface area contributed by atoms with E-state index in [9.17, 15) is 9.00 Å². The largest absolute Gasteiger partial charge is 0.356 e. The van der Waals surface area contributed by atoms with Crippen LogP contribution in [-0.4, -0.2) is 34.4 Å². The van der Waals surface area contributed by atoms with Crippen LogP contribution in [0.5, 0.6) is 0 Å². The number of nitrogens with zero attached hydrogens (tertiary/aromatic N) is 2. The molecule has 1 atom stereocenters. The fourth-order valence-electron chi connectivity index (χ4n) is 2.86. The quantitative estimate of drug-likeness (QED) is 0.927. The van der Waals surface area contributed by atoms with Crippen molar-refractivity contribution in [1.29, 1.82) is 0 Å². The summed E-state index contributed by atoms with van der Waals surface area (Å²) >= 11 is 0. The number of rotatable bonds is 4. The smallest absolute Gasteiger partial charge is 0.259 e. The highest BCUT2D eigenvalue weighted by Crippen LogP contribution is 2.23. The summed E-state index contributed by atoms with van der Waals surface area (Å²) in [6.45, 7) is 1.88.